The van der Waals surface area contributed by atoms with Gasteiger partial charge in [0.05, 0.1) is 18.5 Å². The van der Waals surface area contributed by atoms with E-state index in [-0.39, 0.29) is 12.5 Å². The molecular weight excluding hydrogens is 482 g/mol. The number of aromatic nitrogens is 2. The normalized spacial score (nSPS) is 11.2. The van der Waals surface area contributed by atoms with Crippen molar-refractivity contribution in [1.82, 2.24) is 14.3 Å². The number of thiazole rings is 1. The van der Waals surface area contributed by atoms with Gasteiger partial charge in [0.15, 0.2) is 11.6 Å². The first-order valence-corrected chi connectivity index (χ1v) is 13.0. The van der Waals surface area contributed by atoms with Crippen molar-refractivity contribution in [1.29, 1.82) is 0 Å². The second-order valence-electron chi connectivity index (χ2n) is 8.81. The minimum Gasteiger partial charge on any atom is -0.484 e. The zero-order valence-electron chi connectivity index (χ0n) is 20.1. The molecule has 0 atom stereocenters. The predicted molar refractivity (Wildman–Crippen MR) is 146 cm³/mol. The molecule has 184 valence electrons. The van der Waals surface area contributed by atoms with Crippen LogP contribution in [0.25, 0.3) is 27.0 Å². The van der Waals surface area contributed by atoms with Gasteiger partial charge in [0.25, 0.3) is 5.91 Å². The number of carbonyl (C=O) groups excluding carboxylic acids is 1. The molecule has 7 heteroatoms. The van der Waals surface area contributed by atoms with E-state index in [1.807, 2.05) is 42.5 Å². The van der Waals surface area contributed by atoms with Gasteiger partial charge in [-0.1, -0.05) is 54.6 Å². The Kier molecular flexibility index (Phi) is 6.44. The highest BCUT2D eigenvalue weighted by Crippen LogP contribution is 2.27. The smallest absolute Gasteiger partial charge is 0.260 e. The number of carbonyl (C=O) groups is 1. The van der Waals surface area contributed by atoms with Crippen molar-refractivity contribution in [3.63, 3.8) is 0 Å². The van der Waals surface area contributed by atoms with Gasteiger partial charge >= 0.3 is 0 Å². The third-order valence-corrected chi connectivity index (χ3v) is 7.24. The van der Waals surface area contributed by atoms with Gasteiger partial charge in [-0.2, -0.15) is 0 Å². The lowest BCUT2D eigenvalue weighted by atomic mass is 10.1. The summed E-state index contributed by atoms with van der Waals surface area (Å²) in [7, 11) is 0. The molecule has 6 aromatic rings. The molecular formula is C30H25N3O3S. The number of ether oxygens (including phenoxy) is 1. The van der Waals surface area contributed by atoms with Crippen molar-refractivity contribution in [2.75, 3.05) is 13.2 Å². The fourth-order valence-corrected chi connectivity index (χ4v) is 5.29. The standard InChI is InChI=1S/C30H25N3O3S/c34-29(20-36-26-9-2-1-3-10-26)32(18-27-11-6-16-35-27)15-14-25-21-37-30-31-28(19-33(25)30)24-13-12-22-7-4-5-8-23(22)17-24/h1-13,16-17,19,21H,14-15,18,20H2. The van der Waals surface area contributed by atoms with Crippen LogP contribution >= 0.6 is 11.3 Å². The number of benzene rings is 3. The molecule has 0 fully saturated rings. The summed E-state index contributed by atoms with van der Waals surface area (Å²) in [6.07, 6.45) is 4.40. The van der Waals surface area contributed by atoms with Crippen LogP contribution in [0.5, 0.6) is 5.75 Å². The van der Waals surface area contributed by atoms with Gasteiger partial charge in [0.1, 0.15) is 11.5 Å². The summed E-state index contributed by atoms with van der Waals surface area (Å²) in [4.78, 5) is 20.7. The molecule has 3 aromatic heterocycles. The minimum atomic E-state index is -0.0887. The number of nitrogens with zero attached hydrogens (tertiary/aromatic N) is 3. The fourth-order valence-electron chi connectivity index (χ4n) is 4.38. The maximum Gasteiger partial charge on any atom is 0.260 e. The van der Waals surface area contributed by atoms with Crippen LogP contribution in [0.1, 0.15) is 11.5 Å². The molecule has 0 saturated carbocycles. The van der Waals surface area contributed by atoms with E-state index in [1.165, 1.54) is 10.8 Å². The summed E-state index contributed by atoms with van der Waals surface area (Å²) in [6.45, 7) is 0.900. The molecule has 0 saturated heterocycles. The second kappa shape index (κ2) is 10.3. The zero-order chi connectivity index (χ0) is 25.0. The van der Waals surface area contributed by atoms with E-state index in [0.29, 0.717) is 25.3 Å². The highest BCUT2D eigenvalue weighted by Gasteiger charge is 2.18. The van der Waals surface area contributed by atoms with Crippen molar-refractivity contribution >= 4 is 33.0 Å². The molecule has 37 heavy (non-hydrogen) atoms. The molecule has 0 radical (unpaired) electrons. The molecule has 0 spiro atoms. The Balaban J connectivity index is 1.19. The van der Waals surface area contributed by atoms with E-state index in [9.17, 15) is 4.79 Å². The van der Waals surface area contributed by atoms with E-state index in [0.717, 1.165) is 27.7 Å². The maximum atomic E-state index is 13.1. The molecule has 0 aliphatic rings. The Morgan fingerprint density at radius 1 is 0.973 bits per heavy atom. The van der Waals surface area contributed by atoms with Gasteiger partial charge in [0, 0.05) is 35.8 Å². The third-order valence-electron chi connectivity index (χ3n) is 6.35. The van der Waals surface area contributed by atoms with E-state index in [2.05, 4.69) is 58.4 Å². The SMILES string of the molecule is O=C(COc1ccccc1)N(CCc1csc2nc(-c3ccc4ccccc4c3)cn12)Cc1ccco1. The molecule has 6 rings (SSSR count). The van der Waals surface area contributed by atoms with Crippen LogP contribution in [-0.4, -0.2) is 33.3 Å². The minimum absolute atomic E-state index is 0.0268. The molecule has 3 aromatic carbocycles. The van der Waals surface area contributed by atoms with Crippen LogP contribution in [0.3, 0.4) is 0 Å². The third kappa shape index (κ3) is 5.13. The molecule has 0 aliphatic heterocycles. The lowest BCUT2D eigenvalue weighted by Crippen LogP contribution is -2.36. The topological polar surface area (TPSA) is 60.0 Å². The van der Waals surface area contributed by atoms with E-state index >= 15 is 0 Å². The Labute approximate surface area is 218 Å². The molecule has 0 bridgehead atoms. The van der Waals surface area contributed by atoms with Crippen molar-refractivity contribution in [2.24, 2.45) is 0 Å². The van der Waals surface area contributed by atoms with Crippen LogP contribution in [0.4, 0.5) is 0 Å². The van der Waals surface area contributed by atoms with Gasteiger partial charge in [0.2, 0.25) is 0 Å². The second-order valence-corrected chi connectivity index (χ2v) is 9.65. The first kappa shape index (κ1) is 23.1. The summed E-state index contributed by atoms with van der Waals surface area (Å²) < 4.78 is 13.4. The Hall–Kier alpha value is -4.36. The van der Waals surface area contributed by atoms with Crippen LogP contribution in [0.15, 0.2) is 107 Å². The summed E-state index contributed by atoms with van der Waals surface area (Å²) in [6, 6.07) is 27.9. The Bertz CT molecular complexity index is 1640. The first-order valence-electron chi connectivity index (χ1n) is 12.2. The maximum absolute atomic E-state index is 13.1. The Morgan fingerprint density at radius 2 is 1.81 bits per heavy atom. The largest absolute Gasteiger partial charge is 0.484 e. The van der Waals surface area contributed by atoms with Crippen LogP contribution < -0.4 is 4.74 Å². The average molecular weight is 508 g/mol. The number of imidazole rings is 1. The van der Waals surface area contributed by atoms with E-state index in [4.69, 9.17) is 14.1 Å². The van der Waals surface area contributed by atoms with Gasteiger partial charge in [-0.25, -0.2) is 4.98 Å². The van der Waals surface area contributed by atoms with E-state index < -0.39 is 0 Å². The Morgan fingerprint density at radius 3 is 2.65 bits per heavy atom. The van der Waals surface area contributed by atoms with Crippen LogP contribution in [0, 0.1) is 0 Å². The zero-order valence-corrected chi connectivity index (χ0v) is 20.9. The van der Waals surface area contributed by atoms with Crippen molar-refractivity contribution in [3.8, 4) is 17.0 Å². The number of amides is 1. The van der Waals surface area contributed by atoms with Gasteiger partial charge < -0.3 is 14.1 Å². The number of hydrogen-bond donors (Lipinski definition) is 0. The number of furan rings is 1. The van der Waals surface area contributed by atoms with Crippen LogP contribution in [-0.2, 0) is 17.8 Å². The predicted octanol–water partition coefficient (Wildman–Crippen LogP) is 6.46. The first-order chi connectivity index (χ1) is 18.2. The monoisotopic (exact) mass is 507 g/mol. The highest BCUT2D eigenvalue weighted by atomic mass is 32.1. The molecule has 0 N–H and O–H groups in total. The number of para-hydroxylation sites is 1. The van der Waals surface area contributed by atoms with Gasteiger partial charge in [-0.3, -0.25) is 9.20 Å². The lowest BCUT2D eigenvalue weighted by Gasteiger charge is -2.21. The molecule has 0 aliphatic carbocycles. The number of fused-ring (bicyclic) bond motifs is 2. The molecule has 6 nitrogen and oxygen atoms in total. The number of hydrogen-bond acceptors (Lipinski definition) is 5. The van der Waals surface area contributed by atoms with Crippen molar-refractivity contribution in [3.05, 3.63) is 114 Å². The molecule has 1 amide bonds. The molecule has 0 unspecified atom stereocenters. The van der Waals surface area contributed by atoms with Gasteiger partial charge in [-0.05, 0) is 41.1 Å². The highest BCUT2D eigenvalue weighted by molar-refractivity contribution is 7.15. The fraction of sp³-hybridized carbons (Fsp3) is 0.133. The quantitative estimate of drug-likeness (QED) is 0.225. The van der Waals surface area contributed by atoms with E-state index in [1.54, 1.807) is 22.5 Å². The van der Waals surface area contributed by atoms with Crippen LogP contribution in [0.2, 0.25) is 0 Å². The summed E-state index contributed by atoms with van der Waals surface area (Å²) >= 11 is 1.61. The van der Waals surface area contributed by atoms with Gasteiger partial charge in [-0.15, -0.1) is 11.3 Å². The van der Waals surface area contributed by atoms with Crippen molar-refractivity contribution < 1.29 is 13.9 Å². The average Bonchev–Trinajstić information content (AvgIpc) is 3.69. The van der Waals surface area contributed by atoms with Crippen molar-refractivity contribution in [2.45, 2.75) is 13.0 Å². The summed E-state index contributed by atoms with van der Waals surface area (Å²) in [5.74, 6) is 1.33. The lowest BCUT2D eigenvalue weighted by molar-refractivity contribution is -0.134. The number of rotatable bonds is 9. The summed E-state index contributed by atoms with van der Waals surface area (Å²) in [5, 5.41) is 4.52. The molecule has 3 heterocycles. The summed E-state index contributed by atoms with van der Waals surface area (Å²) in [5.41, 5.74) is 3.15.